The minimum absolute atomic E-state index is 0.455. The smallest absolute Gasteiger partial charge is 0.413 e. The first-order valence-electron chi connectivity index (χ1n) is 7.17. The van der Waals surface area contributed by atoms with Gasteiger partial charge in [0.1, 0.15) is 11.4 Å². The van der Waals surface area contributed by atoms with Gasteiger partial charge in [0.15, 0.2) is 0 Å². The maximum absolute atomic E-state index is 11.9. The van der Waals surface area contributed by atoms with Gasteiger partial charge in [0.25, 0.3) is 0 Å². The molecule has 21 heavy (non-hydrogen) atoms. The number of anilines is 1. The zero-order valence-corrected chi connectivity index (χ0v) is 13.9. The molecule has 1 unspecified atom stereocenters. The average Bonchev–Trinajstić information content (AvgIpc) is 2.97. The largest absolute Gasteiger partial charge is 0.444 e. The molecule has 0 bridgehead atoms. The maximum atomic E-state index is 11.9. The molecule has 1 saturated heterocycles. The lowest BCUT2D eigenvalue weighted by molar-refractivity contribution is 0.0634. The predicted molar refractivity (Wildman–Crippen MR) is 85.6 cm³/mol. The molecular formula is C14H24N4O2S. The van der Waals surface area contributed by atoms with Gasteiger partial charge in [0, 0.05) is 31.0 Å². The van der Waals surface area contributed by atoms with Crippen LogP contribution in [0.25, 0.3) is 0 Å². The second kappa shape index (κ2) is 6.70. The number of nitrogens with zero attached hydrogens (tertiary/aromatic N) is 2. The molecule has 118 valence electrons. The number of carbonyl (C=O) groups is 1. The molecule has 1 aromatic rings. The number of aryl methyl sites for hydroxylation is 1. The lowest BCUT2D eigenvalue weighted by Crippen LogP contribution is -2.30. The summed E-state index contributed by atoms with van der Waals surface area (Å²) < 4.78 is 6.94. The van der Waals surface area contributed by atoms with Crippen LogP contribution in [0.5, 0.6) is 0 Å². The summed E-state index contributed by atoms with van der Waals surface area (Å²) in [5.74, 6) is 3.05. The molecule has 0 aliphatic carbocycles. The van der Waals surface area contributed by atoms with E-state index in [0.29, 0.717) is 18.4 Å². The highest BCUT2D eigenvalue weighted by Gasteiger charge is 2.20. The van der Waals surface area contributed by atoms with Crippen LogP contribution in [-0.2, 0) is 18.3 Å². The van der Waals surface area contributed by atoms with Crippen molar-refractivity contribution in [2.24, 2.45) is 7.05 Å². The fourth-order valence-corrected chi connectivity index (χ4v) is 3.31. The van der Waals surface area contributed by atoms with E-state index in [4.69, 9.17) is 4.74 Å². The third-order valence-corrected chi connectivity index (χ3v) is 4.31. The Labute approximate surface area is 130 Å². The summed E-state index contributed by atoms with van der Waals surface area (Å²) in [6.45, 7) is 6.23. The Kier molecular flexibility index (Phi) is 5.16. The van der Waals surface area contributed by atoms with Gasteiger partial charge in [-0.05, 0) is 32.9 Å². The standard InChI is InChI=1S/C14H24N4O2S/c1-14(2,3)20-13(19)17-12-10(8-16-18(12)4)7-15-11-5-6-21-9-11/h8,11,15H,5-7,9H2,1-4H3,(H,17,19). The summed E-state index contributed by atoms with van der Waals surface area (Å²) in [5, 5.41) is 10.5. The lowest BCUT2D eigenvalue weighted by Gasteiger charge is -2.20. The number of amides is 1. The van der Waals surface area contributed by atoms with Gasteiger partial charge >= 0.3 is 6.09 Å². The molecule has 1 aliphatic rings. The highest BCUT2D eigenvalue weighted by Crippen LogP contribution is 2.20. The molecule has 6 nitrogen and oxygen atoms in total. The van der Waals surface area contributed by atoms with E-state index < -0.39 is 11.7 Å². The van der Waals surface area contributed by atoms with Crippen LogP contribution in [0.1, 0.15) is 32.8 Å². The Morgan fingerprint density at radius 1 is 1.57 bits per heavy atom. The van der Waals surface area contributed by atoms with Crippen LogP contribution in [0, 0.1) is 0 Å². The molecular weight excluding hydrogens is 288 g/mol. The summed E-state index contributed by atoms with van der Waals surface area (Å²) >= 11 is 1.97. The van der Waals surface area contributed by atoms with Gasteiger partial charge in [0.05, 0.1) is 6.20 Å². The number of hydrogen-bond acceptors (Lipinski definition) is 5. The summed E-state index contributed by atoms with van der Waals surface area (Å²) in [4.78, 5) is 11.9. The zero-order chi connectivity index (χ0) is 15.5. The third-order valence-electron chi connectivity index (χ3n) is 3.14. The van der Waals surface area contributed by atoms with E-state index in [1.54, 1.807) is 10.9 Å². The van der Waals surface area contributed by atoms with Crippen LogP contribution in [0.2, 0.25) is 0 Å². The van der Waals surface area contributed by atoms with E-state index in [-0.39, 0.29) is 0 Å². The monoisotopic (exact) mass is 312 g/mol. The van der Waals surface area contributed by atoms with Gasteiger partial charge in [-0.25, -0.2) is 4.79 Å². The highest BCUT2D eigenvalue weighted by atomic mass is 32.2. The van der Waals surface area contributed by atoms with Crippen molar-refractivity contribution in [2.75, 3.05) is 16.8 Å². The van der Waals surface area contributed by atoms with Crippen molar-refractivity contribution in [1.82, 2.24) is 15.1 Å². The molecule has 0 spiro atoms. The summed E-state index contributed by atoms with van der Waals surface area (Å²) in [5.41, 5.74) is 0.461. The van der Waals surface area contributed by atoms with Gasteiger partial charge in [-0.15, -0.1) is 0 Å². The molecule has 0 aromatic carbocycles. The molecule has 1 aromatic heterocycles. The number of rotatable bonds is 4. The Morgan fingerprint density at radius 2 is 2.33 bits per heavy atom. The normalized spacial score (nSPS) is 18.8. The molecule has 1 amide bonds. The predicted octanol–water partition coefficient (Wildman–Crippen LogP) is 2.36. The highest BCUT2D eigenvalue weighted by molar-refractivity contribution is 7.99. The molecule has 7 heteroatoms. The summed E-state index contributed by atoms with van der Waals surface area (Å²) in [6.07, 6.45) is 2.52. The Bertz CT molecular complexity index is 490. The number of hydrogen-bond donors (Lipinski definition) is 2. The average molecular weight is 312 g/mol. The summed E-state index contributed by atoms with van der Waals surface area (Å²) in [7, 11) is 1.81. The van der Waals surface area contributed by atoms with Crippen LogP contribution >= 0.6 is 11.8 Å². The van der Waals surface area contributed by atoms with E-state index in [1.165, 1.54) is 12.2 Å². The number of ether oxygens (including phenoxy) is 1. The van der Waals surface area contributed by atoms with Crippen molar-refractivity contribution in [3.8, 4) is 0 Å². The van der Waals surface area contributed by atoms with Crippen LogP contribution in [-0.4, -0.2) is 39.0 Å². The minimum Gasteiger partial charge on any atom is -0.444 e. The molecule has 1 atom stereocenters. The quantitative estimate of drug-likeness (QED) is 0.893. The van der Waals surface area contributed by atoms with Gasteiger partial charge in [-0.1, -0.05) is 0 Å². The van der Waals surface area contributed by atoms with E-state index in [2.05, 4.69) is 15.7 Å². The third kappa shape index (κ3) is 4.93. The van der Waals surface area contributed by atoms with E-state index in [9.17, 15) is 4.79 Å². The van der Waals surface area contributed by atoms with Crippen molar-refractivity contribution in [3.05, 3.63) is 11.8 Å². The van der Waals surface area contributed by atoms with E-state index in [0.717, 1.165) is 11.3 Å². The van der Waals surface area contributed by atoms with Crippen LogP contribution in [0.15, 0.2) is 6.20 Å². The molecule has 1 fully saturated rings. The van der Waals surface area contributed by atoms with Crippen molar-refractivity contribution >= 4 is 23.7 Å². The second-order valence-electron chi connectivity index (χ2n) is 6.21. The SMILES string of the molecule is Cn1ncc(CNC2CCSC2)c1NC(=O)OC(C)(C)C. The first-order valence-corrected chi connectivity index (χ1v) is 8.32. The van der Waals surface area contributed by atoms with E-state index >= 15 is 0 Å². The van der Waals surface area contributed by atoms with E-state index in [1.807, 2.05) is 39.6 Å². The molecule has 0 saturated carbocycles. The molecule has 2 heterocycles. The number of carbonyl (C=O) groups excluding carboxylic acids is 1. The maximum Gasteiger partial charge on any atom is 0.413 e. The Morgan fingerprint density at radius 3 is 2.95 bits per heavy atom. The van der Waals surface area contributed by atoms with Crippen LogP contribution < -0.4 is 10.6 Å². The Hall–Kier alpha value is -1.21. The summed E-state index contributed by atoms with van der Waals surface area (Å²) in [6, 6.07) is 0.546. The molecule has 2 rings (SSSR count). The number of thioether (sulfide) groups is 1. The van der Waals surface area contributed by atoms with Crippen molar-refractivity contribution < 1.29 is 9.53 Å². The van der Waals surface area contributed by atoms with Gasteiger partial charge in [-0.2, -0.15) is 16.9 Å². The minimum atomic E-state index is -0.512. The number of aromatic nitrogens is 2. The van der Waals surface area contributed by atoms with Gasteiger partial charge < -0.3 is 10.1 Å². The number of nitrogens with one attached hydrogen (secondary N) is 2. The van der Waals surface area contributed by atoms with Crippen molar-refractivity contribution in [3.63, 3.8) is 0 Å². The Balaban J connectivity index is 1.95. The topological polar surface area (TPSA) is 68.2 Å². The van der Waals surface area contributed by atoms with Crippen molar-refractivity contribution in [1.29, 1.82) is 0 Å². The molecule has 0 radical (unpaired) electrons. The fraction of sp³-hybridized carbons (Fsp3) is 0.714. The van der Waals surface area contributed by atoms with Crippen LogP contribution in [0.4, 0.5) is 10.6 Å². The van der Waals surface area contributed by atoms with Crippen LogP contribution in [0.3, 0.4) is 0 Å². The molecule has 2 N–H and O–H groups in total. The van der Waals surface area contributed by atoms with Gasteiger partial charge in [-0.3, -0.25) is 10.00 Å². The zero-order valence-electron chi connectivity index (χ0n) is 13.1. The van der Waals surface area contributed by atoms with Crippen molar-refractivity contribution in [2.45, 2.75) is 45.4 Å². The first-order chi connectivity index (χ1) is 9.85. The van der Waals surface area contributed by atoms with Gasteiger partial charge in [0.2, 0.25) is 0 Å². The first kappa shape index (κ1) is 16.2. The lowest BCUT2D eigenvalue weighted by atomic mass is 10.2. The second-order valence-corrected chi connectivity index (χ2v) is 7.36. The molecule has 1 aliphatic heterocycles. The fourth-order valence-electron chi connectivity index (χ4n) is 2.12.